The molecule has 18 heavy (non-hydrogen) atoms. The molecule has 0 aliphatic heterocycles. The largest absolute Gasteiger partial charge is 0.388 e. The zero-order valence-electron chi connectivity index (χ0n) is 11.0. The predicted octanol–water partition coefficient (Wildman–Crippen LogP) is 2.44. The van der Waals surface area contributed by atoms with Crippen LogP contribution >= 0.6 is 0 Å². The molecule has 2 N–H and O–H groups in total. The third kappa shape index (κ3) is 2.71. The Kier molecular flexibility index (Phi) is 3.39. The maximum Gasteiger partial charge on any atom is 0.0992 e. The van der Waals surface area contributed by atoms with Crippen molar-refractivity contribution in [1.29, 1.82) is 0 Å². The highest BCUT2D eigenvalue weighted by atomic mass is 16.3. The monoisotopic (exact) mass is 245 g/mol. The van der Waals surface area contributed by atoms with E-state index in [4.69, 9.17) is 0 Å². The summed E-state index contributed by atoms with van der Waals surface area (Å²) in [4.78, 5) is 4.05. The van der Waals surface area contributed by atoms with E-state index in [-0.39, 0.29) is 6.04 Å². The molecule has 1 aromatic heterocycles. The maximum atomic E-state index is 9.99. The summed E-state index contributed by atoms with van der Waals surface area (Å²) in [6.07, 6.45) is 5.40. The van der Waals surface area contributed by atoms with E-state index in [0.717, 1.165) is 11.4 Å². The van der Waals surface area contributed by atoms with Gasteiger partial charge in [-0.2, -0.15) is 0 Å². The molecule has 0 fully saturated rings. The zero-order chi connectivity index (χ0) is 13.2. The number of hydrogen-bond donors (Lipinski definition) is 2. The molecule has 0 saturated heterocycles. The van der Waals surface area contributed by atoms with Crippen molar-refractivity contribution in [1.82, 2.24) is 9.55 Å². The Morgan fingerprint density at radius 2 is 2.06 bits per heavy atom. The Bertz CT molecular complexity index is 500. The molecule has 0 saturated carbocycles. The molecule has 1 atom stereocenters. The molecule has 1 aromatic carbocycles. The van der Waals surface area contributed by atoms with Crippen molar-refractivity contribution < 1.29 is 5.11 Å². The molecule has 0 aliphatic rings. The average molecular weight is 245 g/mol. The van der Waals surface area contributed by atoms with Crippen LogP contribution in [-0.4, -0.2) is 26.3 Å². The minimum absolute atomic E-state index is 0.0535. The van der Waals surface area contributed by atoms with E-state index in [1.165, 1.54) is 0 Å². The predicted molar refractivity (Wildman–Crippen MR) is 72.9 cm³/mol. The van der Waals surface area contributed by atoms with Gasteiger partial charge < -0.3 is 15.0 Å². The lowest BCUT2D eigenvalue weighted by molar-refractivity contribution is 0.0649. The van der Waals surface area contributed by atoms with Crippen molar-refractivity contribution in [2.45, 2.75) is 32.4 Å². The summed E-state index contributed by atoms with van der Waals surface area (Å²) >= 11 is 0. The van der Waals surface area contributed by atoms with E-state index in [2.05, 4.69) is 10.3 Å². The van der Waals surface area contributed by atoms with E-state index in [9.17, 15) is 5.11 Å². The van der Waals surface area contributed by atoms with Crippen LogP contribution in [0.25, 0.3) is 5.69 Å². The summed E-state index contributed by atoms with van der Waals surface area (Å²) in [6, 6.07) is 7.91. The topological polar surface area (TPSA) is 50.1 Å². The summed E-state index contributed by atoms with van der Waals surface area (Å²) in [5, 5.41) is 13.3. The van der Waals surface area contributed by atoms with Gasteiger partial charge in [-0.15, -0.1) is 0 Å². The van der Waals surface area contributed by atoms with E-state index >= 15 is 0 Å². The van der Waals surface area contributed by atoms with E-state index < -0.39 is 5.60 Å². The van der Waals surface area contributed by atoms with Crippen LogP contribution < -0.4 is 5.32 Å². The number of nitrogens with one attached hydrogen (secondary N) is 1. The van der Waals surface area contributed by atoms with Gasteiger partial charge in [0.15, 0.2) is 0 Å². The second kappa shape index (κ2) is 4.82. The van der Waals surface area contributed by atoms with Gasteiger partial charge in [0.1, 0.15) is 0 Å². The van der Waals surface area contributed by atoms with Crippen LogP contribution in [0, 0.1) is 0 Å². The molecule has 0 spiro atoms. The molecular weight excluding hydrogens is 226 g/mol. The number of hydrogen-bond acceptors (Lipinski definition) is 3. The minimum Gasteiger partial charge on any atom is -0.388 e. The van der Waals surface area contributed by atoms with E-state index in [1.807, 2.05) is 42.0 Å². The van der Waals surface area contributed by atoms with Gasteiger partial charge >= 0.3 is 0 Å². The van der Waals surface area contributed by atoms with Gasteiger partial charge in [0.2, 0.25) is 0 Å². The van der Waals surface area contributed by atoms with Crippen molar-refractivity contribution in [2.24, 2.45) is 0 Å². The lowest BCUT2D eigenvalue weighted by Gasteiger charge is -2.28. The Labute approximate surface area is 107 Å². The molecule has 2 rings (SSSR count). The average Bonchev–Trinajstić information content (AvgIpc) is 2.82. The van der Waals surface area contributed by atoms with Gasteiger partial charge in [-0.05, 0) is 32.9 Å². The molecular formula is C14H19N3O. The van der Waals surface area contributed by atoms with E-state index in [0.29, 0.717) is 0 Å². The molecule has 0 bridgehead atoms. The van der Waals surface area contributed by atoms with Crippen LogP contribution in [0.4, 0.5) is 5.69 Å². The second-order valence-electron chi connectivity index (χ2n) is 5.01. The number of imidazole rings is 1. The molecule has 0 aliphatic carbocycles. The van der Waals surface area contributed by atoms with Crippen LogP contribution in [0.15, 0.2) is 43.0 Å². The summed E-state index contributed by atoms with van der Waals surface area (Å²) < 4.78 is 1.94. The first-order valence-electron chi connectivity index (χ1n) is 6.05. The van der Waals surface area contributed by atoms with Gasteiger partial charge in [-0.1, -0.05) is 12.1 Å². The van der Waals surface area contributed by atoms with Gasteiger partial charge in [0, 0.05) is 12.4 Å². The molecule has 96 valence electrons. The standard InChI is InChI=1S/C14H19N3O/c1-11(14(2,3)18)16-12-6-4-5-7-13(12)17-9-8-15-10-17/h4-11,16,18H,1-3H3. The number of anilines is 1. The van der Waals surface area contributed by atoms with E-state index in [1.54, 1.807) is 26.4 Å². The first-order chi connectivity index (χ1) is 8.48. The summed E-state index contributed by atoms with van der Waals surface area (Å²) in [6.45, 7) is 5.56. The van der Waals surface area contributed by atoms with Crippen molar-refractivity contribution in [3.8, 4) is 5.69 Å². The molecule has 1 unspecified atom stereocenters. The highest BCUT2D eigenvalue weighted by Gasteiger charge is 2.22. The quantitative estimate of drug-likeness (QED) is 0.870. The molecule has 0 amide bonds. The first kappa shape index (κ1) is 12.6. The number of nitrogens with zero attached hydrogens (tertiary/aromatic N) is 2. The number of para-hydroxylation sites is 2. The summed E-state index contributed by atoms with van der Waals surface area (Å²) in [5.41, 5.74) is 1.22. The van der Waals surface area contributed by atoms with Crippen LogP contribution in [-0.2, 0) is 0 Å². The van der Waals surface area contributed by atoms with Crippen molar-refractivity contribution in [2.75, 3.05) is 5.32 Å². The van der Waals surface area contributed by atoms with Gasteiger partial charge in [0.25, 0.3) is 0 Å². The number of aliphatic hydroxyl groups is 1. The Balaban J connectivity index is 2.29. The second-order valence-corrected chi connectivity index (χ2v) is 5.01. The zero-order valence-corrected chi connectivity index (χ0v) is 11.0. The number of rotatable bonds is 4. The smallest absolute Gasteiger partial charge is 0.0992 e. The van der Waals surface area contributed by atoms with Crippen LogP contribution in [0.5, 0.6) is 0 Å². The van der Waals surface area contributed by atoms with Crippen molar-refractivity contribution >= 4 is 5.69 Å². The molecule has 0 radical (unpaired) electrons. The highest BCUT2D eigenvalue weighted by Crippen LogP contribution is 2.22. The summed E-state index contributed by atoms with van der Waals surface area (Å²) in [7, 11) is 0. The number of benzene rings is 1. The van der Waals surface area contributed by atoms with Crippen molar-refractivity contribution in [3.63, 3.8) is 0 Å². The lowest BCUT2D eigenvalue weighted by atomic mass is 10.0. The van der Waals surface area contributed by atoms with Crippen LogP contribution in [0.1, 0.15) is 20.8 Å². The molecule has 4 nitrogen and oxygen atoms in total. The molecule has 1 heterocycles. The van der Waals surface area contributed by atoms with Crippen LogP contribution in [0.2, 0.25) is 0 Å². The SMILES string of the molecule is CC(Nc1ccccc1-n1ccnc1)C(C)(C)O. The third-order valence-corrected chi connectivity index (χ3v) is 3.12. The van der Waals surface area contributed by atoms with Crippen LogP contribution in [0.3, 0.4) is 0 Å². The fraction of sp³-hybridized carbons (Fsp3) is 0.357. The molecule has 4 heteroatoms. The van der Waals surface area contributed by atoms with Gasteiger partial charge in [-0.3, -0.25) is 0 Å². The third-order valence-electron chi connectivity index (χ3n) is 3.12. The molecule has 2 aromatic rings. The van der Waals surface area contributed by atoms with Crippen molar-refractivity contribution in [3.05, 3.63) is 43.0 Å². The van der Waals surface area contributed by atoms with Gasteiger partial charge in [0.05, 0.1) is 29.3 Å². The fourth-order valence-corrected chi connectivity index (χ4v) is 1.63. The normalized spacial score (nSPS) is 13.3. The maximum absolute atomic E-state index is 9.99. The Morgan fingerprint density at radius 1 is 1.33 bits per heavy atom. The highest BCUT2D eigenvalue weighted by molar-refractivity contribution is 5.61. The lowest BCUT2D eigenvalue weighted by Crippen LogP contribution is -2.39. The van der Waals surface area contributed by atoms with Gasteiger partial charge in [-0.25, -0.2) is 4.98 Å². The number of aromatic nitrogens is 2. The summed E-state index contributed by atoms with van der Waals surface area (Å²) in [5.74, 6) is 0. The Morgan fingerprint density at radius 3 is 2.67 bits per heavy atom. The minimum atomic E-state index is -0.776. The Hall–Kier alpha value is -1.81. The fourth-order valence-electron chi connectivity index (χ4n) is 1.63. The first-order valence-corrected chi connectivity index (χ1v) is 6.05.